The summed E-state index contributed by atoms with van der Waals surface area (Å²) in [7, 11) is 1.90. The largest absolute Gasteiger partial charge is 0.347 e. The Hall–Kier alpha value is -1.78. The molecule has 5 heteroatoms. The van der Waals surface area contributed by atoms with E-state index in [1.807, 2.05) is 53.4 Å². The fourth-order valence-corrected chi connectivity index (χ4v) is 3.23. The van der Waals surface area contributed by atoms with E-state index in [-0.39, 0.29) is 5.91 Å². The molecule has 0 radical (unpaired) electrons. The first-order valence-corrected chi connectivity index (χ1v) is 7.47. The molecular weight excluding hydrogens is 292 g/mol. The molecule has 0 saturated heterocycles. The van der Waals surface area contributed by atoms with E-state index in [0.717, 1.165) is 15.8 Å². The van der Waals surface area contributed by atoms with Crippen molar-refractivity contribution in [1.82, 2.24) is 9.88 Å². The zero-order valence-electron chi connectivity index (χ0n) is 10.9. The van der Waals surface area contributed by atoms with Crippen LogP contribution in [0, 0.1) is 0 Å². The summed E-state index contributed by atoms with van der Waals surface area (Å²) in [6.07, 6.45) is 0. The van der Waals surface area contributed by atoms with Gasteiger partial charge >= 0.3 is 0 Å². The van der Waals surface area contributed by atoms with Gasteiger partial charge in [-0.1, -0.05) is 29.8 Å². The zero-order chi connectivity index (χ0) is 14.1. The summed E-state index contributed by atoms with van der Waals surface area (Å²) in [6.45, 7) is 0.428. The van der Waals surface area contributed by atoms with Gasteiger partial charge in [0.05, 0.1) is 10.2 Å². The first-order chi connectivity index (χ1) is 9.66. The van der Waals surface area contributed by atoms with Gasteiger partial charge in [0.25, 0.3) is 5.91 Å². The first-order valence-electron chi connectivity index (χ1n) is 6.21. The van der Waals surface area contributed by atoms with Crippen LogP contribution in [0.2, 0.25) is 5.02 Å². The average molecular weight is 305 g/mol. The van der Waals surface area contributed by atoms with Gasteiger partial charge in [-0.3, -0.25) is 4.79 Å². The van der Waals surface area contributed by atoms with Gasteiger partial charge in [0.15, 0.2) is 0 Å². The Labute approximate surface area is 125 Å². The molecule has 1 amide bonds. The summed E-state index contributed by atoms with van der Waals surface area (Å²) in [5, 5.41) is 5.60. The second-order valence-corrected chi connectivity index (χ2v) is 5.89. The van der Waals surface area contributed by atoms with Crippen LogP contribution >= 0.6 is 22.9 Å². The SMILES string of the molecule is Cn1c(C(=O)NCc2ccccc2Cl)cc2sccc21. The van der Waals surface area contributed by atoms with Crippen molar-refractivity contribution in [1.29, 1.82) is 0 Å². The Kier molecular flexibility index (Phi) is 3.51. The van der Waals surface area contributed by atoms with Crippen molar-refractivity contribution in [3.63, 3.8) is 0 Å². The third-order valence-corrected chi connectivity index (χ3v) is 4.52. The Balaban J connectivity index is 1.78. The third-order valence-electron chi connectivity index (χ3n) is 3.29. The minimum Gasteiger partial charge on any atom is -0.347 e. The van der Waals surface area contributed by atoms with Crippen molar-refractivity contribution in [2.45, 2.75) is 6.54 Å². The number of aromatic nitrogens is 1. The number of nitrogens with zero attached hydrogens (tertiary/aromatic N) is 1. The normalized spacial score (nSPS) is 10.9. The smallest absolute Gasteiger partial charge is 0.268 e. The molecule has 20 heavy (non-hydrogen) atoms. The van der Waals surface area contributed by atoms with Crippen molar-refractivity contribution >= 4 is 39.1 Å². The number of hydrogen-bond donors (Lipinski definition) is 1. The summed E-state index contributed by atoms with van der Waals surface area (Å²) < 4.78 is 3.03. The Morgan fingerprint density at radius 2 is 2.15 bits per heavy atom. The number of amides is 1. The topological polar surface area (TPSA) is 34.0 Å². The lowest BCUT2D eigenvalue weighted by molar-refractivity contribution is 0.0943. The van der Waals surface area contributed by atoms with Crippen molar-refractivity contribution in [3.05, 3.63) is 58.1 Å². The van der Waals surface area contributed by atoms with Gasteiger partial charge in [0.1, 0.15) is 5.69 Å². The number of fused-ring (bicyclic) bond motifs is 1. The van der Waals surface area contributed by atoms with Gasteiger partial charge in [0.2, 0.25) is 0 Å². The summed E-state index contributed by atoms with van der Waals surface area (Å²) in [4.78, 5) is 12.2. The van der Waals surface area contributed by atoms with Crippen LogP contribution in [-0.4, -0.2) is 10.5 Å². The fourth-order valence-electron chi connectivity index (χ4n) is 2.18. The number of thiophene rings is 1. The molecule has 3 nitrogen and oxygen atoms in total. The molecule has 0 aliphatic rings. The van der Waals surface area contributed by atoms with Crippen LogP contribution in [0.1, 0.15) is 16.1 Å². The summed E-state index contributed by atoms with van der Waals surface area (Å²) >= 11 is 7.71. The first kappa shape index (κ1) is 13.2. The van der Waals surface area contributed by atoms with Crippen LogP contribution in [0.4, 0.5) is 0 Å². The quantitative estimate of drug-likeness (QED) is 0.784. The summed E-state index contributed by atoms with van der Waals surface area (Å²) in [5.41, 5.74) is 2.66. The number of carbonyl (C=O) groups is 1. The van der Waals surface area contributed by atoms with E-state index in [4.69, 9.17) is 11.6 Å². The molecule has 2 aromatic heterocycles. The standard InChI is InChI=1S/C15H13ClN2OS/c1-18-12-6-7-20-14(12)8-13(18)15(19)17-9-10-4-2-3-5-11(10)16/h2-8H,9H2,1H3,(H,17,19). The molecule has 0 spiro atoms. The third kappa shape index (κ3) is 2.32. The van der Waals surface area contributed by atoms with Crippen molar-refractivity contribution in [2.24, 2.45) is 7.05 Å². The number of benzene rings is 1. The molecule has 1 aromatic carbocycles. The summed E-state index contributed by atoms with van der Waals surface area (Å²) in [6, 6.07) is 11.4. The highest BCUT2D eigenvalue weighted by Crippen LogP contribution is 2.24. The van der Waals surface area contributed by atoms with Gasteiger partial charge in [0, 0.05) is 18.6 Å². The minimum absolute atomic E-state index is 0.0872. The monoisotopic (exact) mass is 304 g/mol. The second kappa shape index (κ2) is 5.31. The number of nitrogens with one attached hydrogen (secondary N) is 1. The van der Waals surface area contributed by atoms with Gasteiger partial charge < -0.3 is 9.88 Å². The highest BCUT2D eigenvalue weighted by Gasteiger charge is 2.13. The molecule has 0 atom stereocenters. The van der Waals surface area contributed by atoms with Crippen molar-refractivity contribution in [2.75, 3.05) is 0 Å². The van der Waals surface area contributed by atoms with Crippen LogP contribution < -0.4 is 5.32 Å². The molecule has 3 aromatic rings. The molecule has 1 N–H and O–H groups in total. The van der Waals surface area contributed by atoms with Gasteiger partial charge in [-0.05, 0) is 29.1 Å². The van der Waals surface area contributed by atoms with Crippen LogP contribution in [0.5, 0.6) is 0 Å². The lowest BCUT2D eigenvalue weighted by atomic mass is 10.2. The maximum atomic E-state index is 12.2. The number of carbonyl (C=O) groups excluding carboxylic acids is 1. The molecule has 2 heterocycles. The molecule has 0 saturated carbocycles. The Bertz CT molecular complexity index is 775. The van der Waals surface area contributed by atoms with E-state index < -0.39 is 0 Å². The summed E-state index contributed by atoms with van der Waals surface area (Å²) in [5.74, 6) is -0.0872. The lowest BCUT2D eigenvalue weighted by Gasteiger charge is -2.07. The van der Waals surface area contributed by atoms with Crippen LogP contribution in [0.25, 0.3) is 10.2 Å². The van der Waals surface area contributed by atoms with Gasteiger partial charge in [-0.2, -0.15) is 0 Å². The molecule has 0 fully saturated rings. The maximum absolute atomic E-state index is 12.2. The zero-order valence-corrected chi connectivity index (χ0v) is 12.5. The van der Waals surface area contributed by atoms with E-state index in [1.165, 1.54) is 0 Å². The van der Waals surface area contributed by atoms with E-state index >= 15 is 0 Å². The average Bonchev–Trinajstić information content (AvgIpc) is 3.01. The maximum Gasteiger partial charge on any atom is 0.268 e. The van der Waals surface area contributed by atoms with E-state index in [2.05, 4.69) is 5.32 Å². The van der Waals surface area contributed by atoms with Crippen LogP contribution in [0.15, 0.2) is 41.8 Å². The Morgan fingerprint density at radius 3 is 2.90 bits per heavy atom. The number of rotatable bonds is 3. The second-order valence-electron chi connectivity index (χ2n) is 4.53. The molecule has 0 unspecified atom stereocenters. The van der Waals surface area contributed by atoms with Crippen molar-refractivity contribution in [3.8, 4) is 0 Å². The van der Waals surface area contributed by atoms with E-state index in [1.54, 1.807) is 11.3 Å². The van der Waals surface area contributed by atoms with Crippen LogP contribution in [0.3, 0.4) is 0 Å². The highest BCUT2D eigenvalue weighted by molar-refractivity contribution is 7.17. The molecule has 102 valence electrons. The minimum atomic E-state index is -0.0872. The lowest BCUT2D eigenvalue weighted by Crippen LogP contribution is -2.24. The number of halogens is 1. The fraction of sp³-hybridized carbons (Fsp3) is 0.133. The molecule has 0 aliphatic heterocycles. The highest BCUT2D eigenvalue weighted by atomic mass is 35.5. The van der Waals surface area contributed by atoms with E-state index in [0.29, 0.717) is 17.3 Å². The molecule has 0 bridgehead atoms. The predicted octanol–water partition coefficient (Wildman–Crippen LogP) is 3.82. The van der Waals surface area contributed by atoms with Gasteiger partial charge in [-0.25, -0.2) is 0 Å². The number of hydrogen-bond acceptors (Lipinski definition) is 2. The molecule has 0 aliphatic carbocycles. The molecule has 3 rings (SSSR count). The van der Waals surface area contributed by atoms with Gasteiger partial charge in [-0.15, -0.1) is 11.3 Å². The number of aryl methyl sites for hydroxylation is 1. The predicted molar refractivity (Wildman–Crippen MR) is 83.4 cm³/mol. The van der Waals surface area contributed by atoms with E-state index in [9.17, 15) is 4.79 Å². The molecular formula is C15H13ClN2OS. The van der Waals surface area contributed by atoms with Crippen LogP contribution in [-0.2, 0) is 13.6 Å². The van der Waals surface area contributed by atoms with Crippen molar-refractivity contribution < 1.29 is 4.79 Å². The Morgan fingerprint density at radius 1 is 1.35 bits per heavy atom.